The zero-order valence-electron chi connectivity index (χ0n) is 11.9. The molecule has 3 N–H and O–H groups in total. The molecule has 2 aromatic rings. The molecule has 0 saturated carbocycles. The molecule has 0 spiro atoms. The number of nitrogens with zero attached hydrogens (tertiary/aromatic N) is 3. The van der Waals surface area contributed by atoms with E-state index in [1.807, 2.05) is 25.1 Å². The van der Waals surface area contributed by atoms with Gasteiger partial charge in [-0.25, -0.2) is 4.68 Å². The van der Waals surface area contributed by atoms with Crippen LogP contribution >= 0.6 is 0 Å². The molecule has 3 rings (SSSR count). The van der Waals surface area contributed by atoms with Crippen LogP contribution in [0, 0.1) is 0 Å². The Hall–Kier alpha value is -2.34. The summed E-state index contributed by atoms with van der Waals surface area (Å²) in [7, 11) is 0. The molecule has 1 amide bonds. The van der Waals surface area contributed by atoms with E-state index < -0.39 is 5.60 Å². The minimum Gasteiger partial charge on any atom is -0.397 e. The van der Waals surface area contributed by atoms with Crippen molar-refractivity contribution in [2.24, 2.45) is 0 Å². The van der Waals surface area contributed by atoms with Gasteiger partial charge in [-0.05, 0) is 24.6 Å². The maximum atomic E-state index is 12.3. The predicted molar refractivity (Wildman–Crippen MR) is 79.1 cm³/mol. The Morgan fingerprint density at radius 3 is 2.76 bits per heavy atom. The lowest BCUT2D eigenvalue weighted by atomic mass is 9.91. The number of carbonyl (C=O) groups is 1. The van der Waals surface area contributed by atoms with E-state index in [0.29, 0.717) is 30.9 Å². The van der Waals surface area contributed by atoms with E-state index in [4.69, 9.17) is 5.73 Å². The Morgan fingerprint density at radius 1 is 1.38 bits per heavy atom. The topological polar surface area (TPSA) is 84.4 Å². The number of nitrogen functional groups attached to an aromatic ring is 1. The monoisotopic (exact) mass is 286 g/mol. The van der Waals surface area contributed by atoms with E-state index in [0.717, 1.165) is 5.69 Å². The molecule has 2 heterocycles. The zero-order chi connectivity index (χ0) is 15.0. The number of carbonyl (C=O) groups excluding carboxylic acids is 1. The maximum absolute atomic E-state index is 12.3. The number of hydrogen-bond donors (Lipinski definition) is 2. The van der Waals surface area contributed by atoms with Crippen LogP contribution in [-0.4, -0.2) is 44.4 Å². The summed E-state index contributed by atoms with van der Waals surface area (Å²) in [6.45, 7) is 2.64. The van der Waals surface area contributed by atoms with Crippen LogP contribution in [0.4, 0.5) is 5.69 Å². The highest BCUT2D eigenvalue weighted by molar-refractivity contribution is 5.93. The molecule has 1 aliphatic heterocycles. The highest BCUT2D eigenvalue weighted by Crippen LogP contribution is 2.25. The van der Waals surface area contributed by atoms with Crippen LogP contribution in [-0.2, 0) is 0 Å². The number of aromatic nitrogens is 2. The molecule has 6 heteroatoms. The summed E-state index contributed by atoms with van der Waals surface area (Å²) in [6, 6.07) is 9.01. The van der Waals surface area contributed by atoms with Crippen molar-refractivity contribution in [2.75, 3.05) is 18.8 Å². The SMILES string of the molecule is CCC1(O)CN(C(=O)c2ccn(-c3ccccc3N)n2)C1. The quantitative estimate of drug-likeness (QED) is 0.826. The van der Waals surface area contributed by atoms with Crippen molar-refractivity contribution in [2.45, 2.75) is 18.9 Å². The summed E-state index contributed by atoms with van der Waals surface area (Å²) in [5, 5.41) is 14.3. The van der Waals surface area contributed by atoms with Gasteiger partial charge in [0.15, 0.2) is 5.69 Å². The van der Waals surface area contributed by atoms with Crippen molar-refractivity contribution in [3.63, 3.8) is 0 Å². The van der Waals surface area contributed by atoms with Crippen LogP contribution in [0.25, 0.3) is 5.69 Å². The number of anilines is 1. The highest BCUT2D eigenvalue weighted by Gasteiger charge is 2.42. The van der Waals surface area contributed by atoms with E-state index >= 15 is 0 Å². The lowest BCUT2D eigenvalue weighted by Gasteiger charge is -2.45. The van der Waals surface area contributed by atoms with E-state index in [9.17, 15) is 9.90 Å². The van der Waals surface area contributed by atoms with Crippen LogP contribution in [0.3, 0.4) is 0 Å². The van der Waals surface area contributed by atoms with Crippen molar-refractivity contribution in [3.05, 3.63) is 42.2 Å². The molecule has 1 saturated heterocycles. The van der Waals surface area contributed by atoms with Crippen molar-refractivity contribution in [1.29, 1.82) is 0 Å². The fourth-order valence-corrected chi connectivity index (χ4v) is 2.46. The van der Waals surface area contributed by atoms with E-state index in [-0.39, 0.29) is 5.91 Å². The lowest BCUT2D eigenvalue weighted by molar-refractivity contribution is -0.0828. The third-order valence-corrected chi connectivity index (χ3v) is 3.91. The molecule has 1 aromatic carbocycles. The van der Waals surface area contributed by atoms with Gasteiger partial charge in [-0.3, -0.25) is 4.79 Å². The van der Waals surface area contributed by atoms with Crippen LogP contribution < -0.4 is 5.73 Å². The first kappa shape index (κ1) is 13.6. The maximum Gasteiger partial charge on any atom is 0.274 e. The van der Waals surface area contributed by atoms with Gasteiger partial charge in [0.1, 0.15) is 0 Å². The highest BCUT2D eigenvalue weighted by atomic mass is 16.3. The smallest absolute Gasteiger partial charge is 0.274 e. The van der Waals surface area contributed by atoms with Gasteiger partial charge in [-0.1, -0.05) is 19.1 Å². The molecule has 0 bridgehead atoms. The minimum atomic E-state index is -0.734. The number of para-hydroxylation sites is 2. The molecular weight excluding hydrogens is 268 g/mol. The summed E-state index contributed by atoms with van der Waals surface area (Å²) in [6.07, 6.45) is 2.36. The Kier molecular flexibility index (Phi) is 3.17. The Morgan fingerprint density at radius 2 is 2.10 bits per heavy atom. The third kappa shape index (κ3) is 2.38. The number of benzene rings is 1. The van der Waals surface area contributed by atoms with Gasteiger partial charge < -0.3 is 15.7 Å². The van der Waals surface area contributed by atoms with Crippen molar-refractivity contribution >= 4 is 11.6 Å². The normalized spacial score (nSPS) is 16.6. The molecule has 21 heavy (non-hydrogen) atoms. The molecule has 110 valence electrons. The summed E-state index contributed by atoms with van der Waals surface area (Å²) < 4.78 is 1.59. The molecular formula is C15H18N4O2. The van der Waals surface area contributed by atoms with E-state index in [2.05, 4.69) is 5.10 Å². The number of β-amino-alcohol motifs (C(OH)–C–C–N with tert-alkyl or cyclic N) is 1. The van der Waals surface area contributed by atoms with Gasteiger partial charge in [0.25, 0.3) is 5.91 Å². The second-order valence-corrected chi connectivity index (χ2v) is 5.44. The number of likely N-dealkylation sites (tertiary alicyclic amines) is 1. The third-order valence-electron chi connectivity index (χ3n) is 3.91. The summed E-state index contributed by atoms with van der Waals surface area (Å²) in [5.41, 5.74) is 6.86. The first-order valence-corrected chi connectivity index (χ1v) is 6.95. The van der Waals surface area contributed by atoms with Gasteiger partial charge >= 0.3 is 0 Å². The van der Waals surface area contributed by atoms with E-state index in [1.54, 1.807) is 27.9 Å². The van der Waals surface area contributed by atoms with Crippen LogP contribution in [0.5, 0.6) is 0 Å². The first-order chi connectivity index (χ1) is 10.0. The van der Waals surface area contributed by atoms with Gasteiger partial charge in [-0.2, -0.15) is 5.10 Å². The largest absolute Gasteiger partial charge is 0.397 e. The van der Waals surface area contributed by atoms with Gasteiger partial charge in [0.2, 0.25) is 0 Å². The Bertz CT molecular complexity index is 674. The number of rotatable bonds is 3. The summed E-state index contributed by atoms with van der Waals surface area (Å²) in [4.78, 5) is 13.9. The number of nitrogens with two attached hydrogens (primary N) is 1. The van der Waals surface area contributed by atoms with Gasteiger partial charge in [0.05, 0.1) is 30.1 Å². The predicted octanol–water partition coefficient (Wildman–Crippen LogP) is 1.05. The van der Waals surface area contributed by atoms with Crippen LogP contribution in [0.15, 0.2) is 36.5 Å². The molecule has 0 aliphatic carbocycles. The first-order valence-electron chi connectivity index (χ1n) is 6.95. The van der Waals surface area contributed by atoms with Gasteiger partial charge in [0, 0.05) is 6.20 Å². The Labute approximate surface area is 122 Å². The van der Waals surface area contributed by atoms with E-state index in [1.165, 1.54) is 0 Å². The molecule has 0 unspecified atom stereocenters. The van der Waals surface area contributed by atoms with Crippen LogP contribution in [0.2, 0.25) is 0 Å². The lowest BCUT2D eigenvalue weighted by Crippen LogP contribution is -2.63. The molecule has 0 atom stereocenters. The van der Waals surface area contributed by atoms with Gasteiger partial charge in [-0.15, -0.1) is 0 Å². The van der Waals surface area contributed by atoms with Crippen molar-refractivity contribution < 1.29 is 9.90 Å². The number of aliphatic hydroxyl groups is 1. The number of hydrogen-bond acceptors (Lipinski definition) is 4. The summed E-state index contributed by atoms with van der Waals surface area (Å²) in [5.74, 6) is -0.165. The van der Waals surface area contributed by atoms with Crippen LogP contribution in [0.1, 0.15) is 23.8 Å². The zero-order valence-corrected chi connectivity index (χ0v) is 11.9. The van der Waals surface area contributed by atoms with Crippen molar-refractivity contribution in [3.8, 4) is 5.69 Å². The minimum absolute atomic E-state index is 0.165. The average molecular weight is 286 g/mol. The second-order valence-electron chi connectivity index (χ2n) is 5.44. The number of amides is 1. The molecule has 1 fully saturated rings. The second kappa shape index (κ2) is 4.89. The standard InChI is InChI=1S/C15H18N4O2/c1-2-15(21)9-18(10-15)14(20)12-7-8-19(17-12)13-6-4-3-5-11(13)16/h3-8,21H,2,9-10,16H2,1H3. The molecule has 1 aromatic heterocycles. The molecule has 6 nitrogen and oxygen atoms in total. The molecule has 0 radical (unpaired) electrons. The molecule has 1 aliphatic rings. The summed E-state index contributed by atoms with van der Waals surface area (Å²) >= 11 is 0. The average Bonchev–Trinajstić information content (AvgIpc) is 2.93. The fourth-order valence-electron chi connectivity index (χ4n) is 2.46. The Balaban J connectivity index is 1.77. The van der Waals surface area contributed by atoms with Crippen molar-refractivity contribution in [1.82, 2.24) is 14.7 Å². The fraction of sp³-hybridized carbons (Fsp3) is 0.333.